The van der Waals surface area contributed by atoms with E-state index in [1.54, 1.807) is 38.1 Å². The second kappa shape index (κ2) is 22.2. The maximum absolute atomic E-state index is 13.7. The second-order valence-corrected chi connectivity index (χ2v) is 12.9. The molecule has 0 aliphatic heterocycles. The van der Waals surface area contributed by atoms with Gasteiger partial charge in [0.25, 0.3) is 0 Å². The standard InChI is InChI=1S/C35H48N8O12/c1-18(2)30(35(55)39-17-27(46)38-10-5-11-44)43-34(54)25(16-29(49)50)42-33(53)24(15-26(37)45)41-32(52)23(40-31(51)22(36)14-28(47)48)13-19-8-9-20-6-3-4-7-21(20)12-19/h3-4,6-9,12,18,22-25,30,44H,5,10-11,13-17,36H2,1-2H3,(H2,37,45)(H,38,46)(H,39,55)(H,40,51)(H,41,52)(H,42,53)(H,43,54)(H,47,48)(H,49,50). The van der Waals surface area contributed by atoms with Gasteiger partial charge in [-0.1, -0.05) is 56.3 Å². The van der Waals surface area contributed by atoms with Gasteiger partial charge in [0.05, 0.1) is 31.8 Å². The van der Waals surface area contributed by atoms with Crippen LogP contribution in [0.1, 0.15) is 45.1 Å². The van der Waals surface area contributed by atoms with Crippen LogP contribution in [0.4, 0.5) is 0 Å². The highest BCUT2D eigenvalue weighted by molar-refractivity contribution is 5.99. The number of carbonyl (C=O) groups excluding carboxylic acids is 7. The molecule has 0 bridgehead atoms. The number of nitrogens with one attached hydrogen (secondary N) is 6. The quantitative estimate of drug-likeness (QED) is 0.0495. The summed E-state index contributed by atoms with van der Waals surface area (Å²) in [5.74, 6) is -10.4. The number of rotatable bonds is 23. The van der Waals surface area contributed by atoms with Crippen LogP contribution in [-0.2, 0) is 49.6 Å². The molecule has 13 N–H and O–H groups in total. The third kappa shape index (κ3) is 15.8. The molecule has 0 aliphatic rings. The smallest absolute Gasteiger partial charge is 0.305 e. The van der Waals surface area contributed by atoms with Crippen LogP contribution < -0.4 is 43.4 Å². The number of hydrogen-bond donors (Lipinski definition) is 11. The second-order valence-electron chi connectivity index (χ2n) is 12.9. The van der Waals surface area contributed by atoms with E-state index in [0.717, 1.165) is 10.8 Å². The number of carbonyl (C=O) groups is 9. The molecule has 20 heteroatoms. The highest BCUT2D eigenvalue weighted by Crippen LogP contribution is 2.17. The van der Waals surface area contributed by atoms with Gasteiger partial charge in [0.1, 0.15) is 24.2 Å². The van der Waals surface area contributed by atoms with Crippen LogP contribution in [0.2, 0.25) is 0 Å². The lowest BCUT2D eigenvalue weighted by atomic mass is 10.00. The summed E-state index contributed by atoms with van der Waals surface area (Å²) in [5, 5.41) is 43.1. The number of aliphatic hydroxyl groups is 1. The third-order valence-corrected chi connectivity index (χ3v) is 8.00. The minimum absolute atomic E-state index is 0.157. The summed E-state index contributed by atoms with van der Waals surface area (Å²) in [6.07, 6.45) is -2.52. The summed E-state index contributed by atoms with van der Waals surface area (Å²) in [6, 6.07) is 4.42. The molecule has 0 radical (unpaired) electrons. The van der Waals surface area contributed by atoms with E-state index in [1.807, 2.05) is 18.2 Å². The number of benzene rings is 2. The number of primary amides is 1. The summed E-state index contributed by atoms with van der Waals surface area (Å²) in [6.45, 7) is 2.63. The SMILES string of the molecule is CC(C)C(NC(=O)C(CC(=O)O)NC(=O)C(CC(N)=O)NC(=O)C(Cc1ccc2ccccc2c1)NC(=O)C(N)CC(=O)O)C(=O)NCC(=O)NCCCO. The Labute approximate surface area is 315 Å². The van der Waals surface area contributed by atoms with Gasteiger partial charge in [0.2, 0.25) is 41.4 Å². The fourth-order valence-electron chi connectivity index (χ4n) is 5.14. The van der Waals surface area contributed by atoms with Crippen LogP contribution in [0.5, 0.6) is 0 Å². The molecule has 0 fully saturated rings. The van der Waals surface area contributed by atoms with Crippen molar-refractivity contribution in [2.45, 2.75) is 76.2 Å². The molecule has 7 amide bonds. The van der Waals surface area contributed by atoms with Gasteiger partial charge in [0, 0.05) is 19.6 Å². The molecule has 0 saturated heterocycles. The van der Waals surface area contributed by atoms with Gasteiger partial charge in [-0.15, -0.1) is 0 Å². The predicted molar refractivity (Wildman–Crippen MR) is 194 cm³/mol. The summed E-state index contributed by atoms with van der Waals surface area (Å²) in [7, 11) is 0. The fourth-order valence-corrected chi connectivity index (χ4v) is 5.14. The molecule has 55 heavy (non-hydrogen) atoms. The monoisotopic (exact) mass is 772 g/mol. The van der Waals surface area contributed by atoms with Crippen molar-refractivity contribution in [2.75, 3.05) is 19.7 Å². The topological polar surface area (TPSA) is 339 Å². The Morgan fingerprint density at radius 3 is 1.82 bits per heavy atom. The van der Waals surface area contributed by atoms with Crippen LogP contribution in [-0.4, -0.2) is 119 Å². The van der Waals surface area contributed by atoms with E-state index in [-0.39, 0.29) is 26.0 Å². The summed E-state index contributed by atoms with van der Waals surface area (Å²) in [4.78, 5) is 113. The number of amides is 7. The first kappa shape index (κ1) is 45.0. The van der Waals surface area contributed by atoms with Gasteiger partial charge in [0.15, 0.2) is 0 Å². The molecular formula is C35H48N8O12. The molecule has 300 valence electrons. The van der Waals surface area contributed by atoms with Gasteiger partial charge in [-0.05, 0) is 28.7 Å². The number of carboxylic acids is 2. The predicted octanol–water partition coefficient (Wildman–Crippen LogP) is -3.26. The van der Waals surface area contributed by atoms with Crippen molar-refractivity contribution in [1.82, 2.24) is 31.9 Å². The van der Waals surface area contributed by atoms with Crippen molar-refractivity contribution in [1.29, 1.82) is 0 Å². The molecule has 20 nitrogen and oxygen atoms in total. The first-order valence-corrected chi connectivity index (χ1v) is 17.2. The first-order valence-electron chi connectivity index (χ1n) is 17.2. The molecule has 0 aromatic heterocycles. The van der Waals surface area contributed by atoms with Crippen LogP contribution in [0.25, 0.3) is 10.8 Å². The zero-order valence-corrected chi connectivity index (χ0v) is 30.3. The van der Waals surface area contributed by atoms with Gasteiger partial charge < -0.3 is 58.7 Å². The highest BCUT2D eigenvalue weighted by atomic mass is 16.4. The number of fused-ring (bicyclic) bond motifs is 1. The Morgan fingerprint density at radius 2 is 1.24 bits per heavy atom. The maximum Gasteiger partial charge on any atom is 0.305 e. The van der Waals surface area contributed by atoms with Gasteiger partial charge in [-0.25, -0.2) is 0 Å². The Bertz CT molecular complexity index is 1740. The van der Waals surface area contributed by atoms with Gasteiger partial charge >= 0.3 is 11.9 Å². The van der Waals surface area contributed by atoms with Crippen LogP contribution in [0.3, 0.4) is 0 Å². The fraction of sp³-hybridized carbons (Fsp3) is 0.457. The number of carboxylic acid groups (broad SMARTS) is 2. The van der Waals surface area contributed by atoms with Crippen LogP contribution in [0.15, 0.2) is 42.5 Å². The van der Waals surface area contributed by atoms with Crippen molar-refractivity contribution in [2.24, 2.45) is 17.4 Å². The Kier molecular flexibility index (Phi) is 18.1. The average Bonchev–Trinajstić information content (AvgIpc) is 3.10. The van der Waals surface area contributed by atoms with Gasteiger partial charge in [-0.2, -0.15) is 0 Å². The molecule has 0 aliphatic carbocycles. The molecule has 0 heterocycles. The van der Waals surface area contributed by atoms with Crippen LogP contribution in [0, 0.1) is 5.92 Å². The normalized spacial score (nSPS) is 13.6. The Morgan fingerprint density at radius 1 is 0.673 bits per heavy atom. The van der Waals surface area contributed by atoms with E-state index in [2.05, 4.69) is 31.9 Å². The molecule has 5 unspecified atom stereocenters. The third-order valence-electron chi connectivity index (χ3n) is 8.00. The van der Waals surface area contributed by atoms with E-state index in [1.165, 1.54) is 0 Å². The van der Waals surface area contributed by atoms with Crippen molar-refractivity contribution in [3.63, 3.8) is 0 Å². The van der Waals surface area contributed by atoms with E-state index in [0.29, 0.717) is 5.56 Å². The first-order chi connectivity index (χ1) is 25.9. The maximum atomic E-state index is 13.7. The summed E-state index contributed by atoms with van der Waals surface area (Å²) < 4.78 is 0. The summed E-state index contributed by atoms with van der Waals surface area (Å²) in [5.41, 5.74) is 11.6. The summed E-state index contributed by atoms with van der Waals surface area (Å²) >= 11 is 0. The van der Waals surface area contributed by atoms with Crippen molar-refractivity contribution < 1.29 is 58.5 Å². The van der Waals surface area contributed by atoms with E-state index in [4.69, 9.17) is 21.7 Å². The zero-order chi connectivity index (χ0) is 41.2. The van der Waals surface area contributed by atoms with E-state index in [9.17, 15) is 48.3 Å². The molecule has 0 spiro atoms. The van der Waals surface area contributed by atoms with Crippen LogP contribution >= 0.6 is 0 Å². The Hall–Kier alpha value is -6.15. The number of aliphatic carboxylic acids is 2. The largest absolute Gasteiger partial charge is 0.481 e. The van der Waals surface area contributed by atoms with Crippen molar-refractivity contribution in [3.8, 4) is 0 Å². The van der Waals surface area contributed by atoms with E-state index < -0.39 is 115 Å². The lowest BCUT2D eigenvalue weighted by Crippen LogP contribution is -2.60. The minimum Gasteiger partial charge on any atom is -0.481 e. The lowest BCUT2D eigenvalue weighted by molar-refractivity contribution is -0.142. The molecule has 2 aromatic rings. The van der Waals surface area contributed by atoms with Gasteiger partial charge in [-0.3, -0.25) is 43.2 Å². The zero-order valence-electron chi connectivity index (χ0n) is 30.3. The highest BCUT2D eigenvalue weighted by Gasteiger charge is 2.34. The number of aliphatic hydroxyl groups excluding tert-OH is 1. The average molecular weight is 773 g/mol. The minimum atomic E-state index is -1.85. The molecule has 2 rings (SSSR count). The van der Waals surface area contributed by atoms with E-state index >= 15 is 0 Å². The molecule has 5 atom stereocenters. The van der Waals surface area contributed by atoms with Crippen molar-refractivity contribution >= 4 is 64.1 Å². The molecule has 0 saturated carbocycles. The molecular weight excluding hydrogens is 724 g/mol. The molecule has 2 aromatic carbocycles. The van der Waals surface area contributed by atoms with Crippen molar-refractivity contribution in [3.05, 3.63) is 48.0 Å². The number of nitrogens with two attached hydrogens (primary N) is 2. The number of hydrogen-bond acceptors (Lipinski definition) is 11. The lowest BCUT2D eigenvalue weighted by Gasteiger charge is -2.27. The Balaban J connectivity index is 2.30.